The zero-order chi connectivity index (χ0) is 18.5. The van der Waals surface area contributed by atoms with Gasteiger partial charge in [-0.05, 0) is 54.3 Å². The second-order valence-electron chi connectivity index (χ2n) is 6.49. The van der Waals surface area contributed by atoms with Gasteiger partial charge in [-0.1, -0.05) is 30.3 Å². The molecule has 0 aliphatic rings. The van der Waals surface area contributed by atoms with Gasteiger partial charge in [0.15, 0.2) is 0 Å². The predicted molar refractivity (Wildman–Crippen MR) is 101 cm³/mol. The Hall–Kier alpha value is -3.03. The van der Waals surface area contributed by atoms with Crippen LogP contribution in [0.1, 0.15) is 52.4 Å². The van der Waals surface area contributed by atoms with E-state index in [-0.39, 0.29) is 0 Å². The summed E-state index contributed by atoms with van der Waals surface area (Å²) in [6.07, 6.45) is 2.70. The summed E-state index contributed by atoms with van der Waals surface area (Å²) < 4.78 is 0. The van der Waals surface area contributed by atoms with Crippen LogP contribution in [0.3, 0.4) is 0 Å². The molecule has 4 heteroatoms. The van der Waals surface area contributed by atoms with Gasteiger partial charge >= 0.3 is 0 Å². The average Bonchev–Trinajstić information content (AvgIpc) is 2.64. The molecule has 130 valence electrons. The number of aryl methyl sites for hydroxylation is 1. The minimum absolute atomic E-state index is 0.458. The molecule has 26 heavy (non-hydrogen) atoms. The van der Waals surface area contributed by atoms with E-state index in [9.17, 15) is 5.11 Å². The molecule has 0 fully saturated rings. The number of nitriles is 1. The molecule has 1 N–H and O–H groups in total. The Morgan fingerprint density at radius 2 is 1.85 bits per heavy atom. The Morgan fingerprint density at radius 1 is 1.08 bits per heavy atom. The first-order valence-corrected chi connectivity index (χ1v) is 8.62. The average molecular weight is 343 g/mol. The molecule has 3 aromatic rings. The van der Waals surface area contributed by atoms with Crippen LogP contribution in [0.2, 0.25) is 0 Å². The van der Waals surface area contributed by atoms with Gasteiger partial charge in [-0.25, -0.2) is 9.97 Å². The second kappa shape index (κ2) is 7.90. The number of hydrogen-bond acceptors (Lipinski definition) is 4. The molecule has 4 nitrogen and oxygen atoms in total. The van der Waals surface area contributed by atoms with Crippen molar-refractivity contribution in [2.75, 3.05) is 0 Å². The number of nitrogens with zero attached hydrogens (tertiary/aromatic N) is 3. The first-order chi connectivity index (χ1) is 12.5. The minimum Gasteiger partial charge on any atom is -0.389 e. The summed E-state index contributed by atoms with van der Waals surface area (Å²) in [7, 11) is 0. The molecule has 0 spiro atoms. The Labute approximate surface area is 153 Å². The lowest BCUT2D eigenvalue weighted by atomic mass is 9.99. The van der Waals surface area contributed by atoms with Gasteiger partial charge in [0.2, 0.25) is 0 Å². The van der Waals surface area contributed by atoms with E-state index in [0.29, 0.717) is 12.0 Å². The molecule has 0 bridgehead atoms. The number of benzene rings is 2. The van der Waals surface area contributed by atoms with Gasteiger partial charge in [0.1, 0.15) is 5.82 Å². The highest BCUT2D eigenvalue weighted by Crippen LogP contribution is 2.19. The van der Waals surface area contributed by atoms with Crippen molar-refractivity contribution >= 4 is 0 Å². The van der Waals surface area contributed by atoms with Gasteiger partial charge in [-0.3, -0.25) is 0 Å². The van der Waals surface area contributed by atoms with E-state index < -0.39 is 6.10 Å². The number of hydrogen-bond donors (Lipinski definition) is 1. The maximum atomic E-state index is 9.70. The highest BCUT2D eigenvalue weighted by atomic mass is 16.3. The lowest BCUT2D eigenvalue weighted by molar-refractivity contribution is 0.199. The third-order valence-corrected chi connectivity index (χ3v) is 4.43. The fraction of sp³-hybridized carbons (Fsp3) is 0.227. The van der Waals surface area contributed by atoms with E-state index in [0.717, 1.165) is 34.6 Å². The summed E-state index contributed by atoms with van der Waals surface area (Å²) in [5.41, 5.74) is 5.97. The van der Waals surface area contributed by atoms with E-state index in [1.54, 1.807) is 13.1 Å². The highest BCUT2D eigenvalue weighted by molar-refractivity contribution is 5.35. The fourth-order valence-electron chi connectivity index (χ4n) is 2.88. The third kappa shape index (κ3) is 4.33. The molecule has 1 unspecified atom stereocenters. The summed E-state index contributed by atoms with van der Waals surface area (Å²) in [5.74, 6) is 0.769. The SMILES string of the molecule is Cc1cc(C(C)O)ccc1Cc1ccnc(Cc2ccc(C#N)cc2)n1. The quantitative estimate of drug-likeness (QED) is 0.763. The number of aliphatic hydroxyl groups is 1. The van der Waals surface area contributed by atoms with Gasteiger partial charge in [-0.15, -0.1) is 0 Å². The highest BCUT2D eigenvalue weighted by Gasteiger charge is 2.07. The predicted octanol–water partition coefficient (Wildman–Crippen LogP) is 3.89. The first-order valence-electron chi connectivity index (χ1n) is 8.62. The van der Waals surface area contributed by atoms with Crippen LogP contribution in [-0.4, -0.2) is 15.1 Å². The molecule has 1 aromatic heterocycles. The molecular formula is C22H21N3O. The summed E-state index contributed by atoms with van der Waals surface area (Å²) in [6.45, 7) is 3.83. The summed E-state index contributed by atoms with van der Waals surface area (Å²) in [4.78, 5) is 9.05. The van der Waals surface area contributed by atoms with Crippen LogP contribution in [0.25, 0.3) is 0 Å². The first kappa shape index (κ1) is 17.8. The minimum atomic E-state index is -0.458. The molecule has 1 atom stereocenters. The smallest absolute Gasteiger partial charge is 0.132 e. The Balaban J connectivity index is 1.76. The molecule has 3 rings (SSSR count). The van der Waals surface area contributed by atoms with Gasteiger partial charge in [0.25, 0.3) is 0 Å². The van der Waals surface area contributed by atoms with Crippen molar-refractivity contribution in [2.24, 2.45) is 0 Å². The molecular weight excluding hydrogens is 322 g/mol. The normalized spacial score (nSPS) is 11.8. The lowest BCUT2D eigenvalue weighted by Crippen LogP contribution is -2.02. The van der Waals surface area contributed by atoms with Crippen molar-refractivity contribution in [3.63, 3.8) is 0 Å². The van der Waals surface area contributed by atoms with Crippen LogP contribution in [0.4, 0.5) is 0 Å². The van der Waals surface area contributed by atoms with Gasteiger partial charge in [0.05, 0.1) is 17.7 Å². The van der Waals surface area contributed by atoms with Crippen LogP contribution in [0.5, 0.6) is 0 Å². The monoisotopic (exact) mass is 343 g/mol. The van der Waals surface area contributed by atoms with Gasteiger partial charge < -0.3 is 5.11 Å². The molecule has 0 aliphatic heterocycles. The standard InChI is InChI=1S/C22H21N3O/c1-15-11-20(16(2)26)8-7-19(15)13-21-9-10-24-22(25-21)12-17-3-5-18(14-23)6-4-17/h3-11,16,26H,12-13H2,1-2H3. The van der Waals surface area contributed by atoms with Crippen molar-refractivity contribution in [3.8, 4) is 6.07 Å². The third-order valence-electron chi connectivity index (χ3n) is 4.43. The molecule has 0 amide bonds. The number of aromatic nitrogens is 2. The van der Waals surface area contributed by atoms with Crippen LogP contribution in [-0.2, 0) is 12.8 Å². The van der Waals surface area contributed by atoms with Crippen LogP contribution < -0.4 is 0 Å². The van der Waals surface area contributed by atoms with E-state index in [1.807, 2.05) is 42.5 Å². The number of aliphatic hydroxyl groups excluding tert-OH is 1. The lowest BCUT2D eigenvalue weighted by Gasteiger charge is -2.11. The van der Waals surface area contributed by atoms with Crippen LogP contribution >= 0.6 is 0 Å². The Morgan fingerprint density at radius 3 is 2.50 bits per heavy atom. The zero-order valence-corrected chi connectivity index (χ0v) is 15.0. The molecule has 1 heterocycles. The number of rotatable bonds is 5. The van der Waals surface area contributed by atoms with E-state index in [1.165, 1.54) is 5.56 Å². The van der Waals surface area contributed by atoms with Crippen molar-refractivity contribution in [1.29, 1.82) is 5.26 Å². The zero-order valence-electron chi connectivity index (χ0n) is 15.0. The largest absolute Gasteiger partial charge is 0.389 e. The maximum Gasteiger partial charge on any atom is 0.132 e. The molecule has 0 aliphatic carbocycles. The van der Waals surface area contributed by atoms with Crippen LogP contribution in [0, 0.1) is 18.3 Å². The van der Waals surface area contributed by atoms with Crippen LogP contribution in [0.15, 0.2) is 54.7 Å². The van der Waals surface area contributed by atoms with Crippen molar-refractivity contribution in [3.05, 3.63) is 94.1 Å². The Kier molecular flexibility index (Phi) is 5.40. The van der Waals surface area contributed by atoms with Crippen molar-refractivity contribution in [1.82, 2.24) is 9.97 Å². The molecule has 2 aromatic carbocycles. The van der Waals surface area contributed by atoms with Crippen molar-refractivity contribution < 1.29 is 5.11 Å². The fourth-order valence-corrected chi connectivity index (χ4v) is 2.88. The van der Waals surface area contributed by atoms with Crippen molar-refractivity contribution in [2.45, 2.75) is 32.8 Å². The second-order valence-corrected chi connectivity index (χ2v) is 6.49. The van der Waals surface area contributed by atoms with E-state index in [4.69, 9.17) is 5.26 Å². The van der Waals surface area contributed by atoms with E-state index >= 15 is 0 Å². The summed E-state index contributed by atoms with van der Waals surface area (Å²) >= 11 is 0. The molecule has 0 saturated heterocycles. The summed E-state index contributed by atoms with van der Waals surface area (Å²) in [6, 6.07) is 17.6. The van der Waals surface area contributed by atoms with Gasteiger partial charge in [-0.2, -0.15) is 5.26 Å². The molecule has 0 radical (unpaired) electrons. The molecule has 0 saturated carbocycles. The van der Waals surface area contributed by atoms with E-state index in [2.05, 4.69) is 29.0 Å². The maximum absolute atomic E-state index is 9.70. The topological polar surface area (TPSA) is 69.8 Å². The Bertz CT molecular complexity index is 940. The summed E-state index contributed by atoms with van der Waals surface area (Å²) in [5, 5.41) is 18.6. The van der Waals surface area contributed by atoms with Gasteiger partial charge in [0, 0.05) is 24.7 Å².